The van der Waals surface area contributed by atoms with E-state index >= 15 is 0 Å². The first-order valence-corrected chi connectivity index (χ1v) is 27.5. The highest BCUT2D eigenvalue weighted by Gasteiger charge is 2.61. The van der Waals surface area contributed by atoms with Crippen LogP contribution in [-0.2, 0) is 81.1 Å². The fourth-order valence-electron chi connectivity index (χ4n) is 10.0. The van der Waals surface area contributed by atoms with E-state index in [-0.39, 0.29) is 0 Å². The van der Waals surface area contributed by atoms with E-state index in [2.05, 4.69) is 20.1 Å². The van der Waals surface area contributed by atoms with Crippen molar-refractivity contribution in [3.05, 3.63) is 0 Å². The second-order valence-corrected chi connectivity index (χ2v) is 21.8. The molecule has 85 heavy (non-hydrogen) atoms. The van der Waals surface area contributed by atoms with E-state index in [1.807, 2.05) is 0 Å². The molecule has 30 atom stereocenters. The van der Waals surface area contributed by atoms with E-state index in [1.54, 1.807) is 0 Å². The van der Waals surface area contributed by atoms with Crippen LogP contribution in [0.4, 0.5) is 0 Å². The molecule has 0 radical (unpaired) electrons. The maximum Gasteiger partial charge on any atom is 0.397 e. The van der Waals surface area contributed by atoms with Crippen molar-refractivity contribution in [1.82, 2.24) is 16.0 Å². The van der Waals surface area contributed by atoms with Crippen LogP contribution in [0, 0.1) is 0 Å². The van der Waals surface area contributed by atoms with E-state index in [0.29, 0.717) is 0 Å². The monoisotopic (exact) mass is 1270 g/mol. The Morgan fingerprint density at radius 2 is 1.18 bits per heavy atom. The molecular weight excluding hydrogens is 1190 g/mol. The van der Waals surface area contributed by atoms with Crippen molar-refractivity contribution in [1.29, 1.82) is 0 Å². The quantitative estimate of drug-likeness (QED) is 0.0340. The van der Waals surface area contributed by atoms with E-state index in [4.69, 9.17) is 51.9 Å². The molecule has 0 aromatic carbocycles. The maximum absolute atomic E-state index is 13.2. The summed E-state index contributed by atoms with van der Waals surface area (Å²) < 4.78 is 93.6. The molecule has 40 heteroatoms. The van der Waals surface area contributed by atoms with Crippen LogP contribution in [0.25, 0.3) is 0 Å². The number of amides is 3. The van der Waals surface area contributed by atoms with Crippen molar-refractivity contribution >= 4 is 34.1 Å². The average molecular weight is 1270 g/mol. The zero-order valence-electron chi connectivity index (χ0n) is 45.5. The van der Waals surface area contributed by atoms with Gasteiger partial charge < -0.3 is 155 Å². The lowest BCUT2D eigenvalue weighted by Gasteiger charge is -2.51. The molecule has 5 saturated heterocycles. The van der Waals surface area contributed by atoms with Gasteiger partial charge in [0, 0.05) is 27.2 Å². The number of aliphatic hydroxyl groups is 17. The van der Waals surface area contributed by atoms with Crippen molar-refractivity contribution in [2.24, 2.45) is 0 Å². The molecule has 5 fully saturated rings. The minimum atomic E-state index is -5.20. The second-order valence-electron chi connectivity index (χ2n) is 20.7. The normalized spacial score (nSPS) is 41.3. The zero-order valence-corrected chi connectivity index (χ0v) is 46.4. The van der Waals surface area contributed by atoms with Crippen molar-refractivity contribution < 1.29 is 176 Å². The summed E-state index contributed by atoms with van der Waals surface area (Å²) in [6.07, 6.45) is -56.6. The number of carboxylic acid groups (broad SMARTS) is 1. The highest BCUT2D eigenvalue weighted by molar-refractivity contribution is 7.80. The van der Waals surface area contributed by atoms with Crippen LogP contribution >= 0.6 is 0 Å². The summed E-state index contributed by atoms with van der Waals surface area (Å²) in [6, 6.07) is -5.42. The Balaban J connectivity index is 1.51. The van der Waals surface area contributed by atoms with Gasteiger partial charge in [-0.2, -0.15) is 8.42 Å². The summed E-state index contributed by atoms with van der Waals surface area (Å²) >= 11 is 0. The number of aliphatic carboxylic acids is 1. The molecule has 0 aliphatic carbocycles. The Labute approximate surface area is 481 Å². The third kappa shape index (κ3) is 17.5. The summed E-state index contributed by atoms with van der Waals surface area (Å²) in [5.41, 5.74) is 0. The second kappa shape index (κ2) is 30.9. The van der Waals surface area contributed by atoms with Crippen molar-refractivity contribution in [2.45, 2.75) is 217 Å². The number of nitrogens with one attached hydrogen (secondary N) is 3. The zero-order chi connectivity index (χ0) is 63.9. The van der Waals surface area contributed by atoms with Crippen LogP contribution in [0.3, 0.4) is 0 Å². The van der Waals surface area contributed by atoms with Crippen molar-refractivity contribution in [3.63, 3.8) is 0 Å². The first-order valence-electron chi connectivity index (χ1n) is 26.2. The summed E-state index contributed by atoms with van der Waals surface area (Å²) in [4.78, 5) is 50.6. The third-order valence-electron chi connectivity index (χ3n) is 14.4. The molecule has 0 spiro atoms. The minimum absolute atomic E-state index is 0.857. The van der Waals surface area contributed by atoms with Gasteiger partial charge in [0.25, 0.3) is 5.79 Å². The number of carboxylic acids is 1. The lowest BCUT2D eigenvalue weighted by atomic mass is 9.88. The fourth-order valence-corrected chi connectivity index (χ4v) is 10.3. The van der Waals surface area contributed by atoms with Crippen molar-refractivity contribution in [2.75, 3.05) is 39.6 Å². The number of hydrogen-bond acceptors (Lipinski definition) is 34. The molecular formula is C45H77N3O36S. The van der Waals surface area contributed by atoms with Gasteiger partial charge in [-0.15, -0.1) is 0 Å². The molecule has 494 valence electrons. The Morgan fingerprint density at radius 1 is 0.624 bits per heavy atom. The van der Waals surface area contributed by atoms with Gasteiger partial charge in [-0.25, -0.2) is 8.98 Å². The molecule has 5 heterocycles. The molecule has 39 nitrogen and oxygen atoms in total. The number of aliphatic hydroxyl groups excluding tert-OH is 17. The first kappa shape index (κ1) is 72.4. The van der Waals surface area contributed by atoms with Gasteiger partial charge in [0.1, 0.15) is 128 Å². The van der Waals surface area contributed by atoms with Gasteiger partial charge in [-0.3, -0.25) is 18.9 Å². The van der Waals surface area contributed by atoms with Crippen LogP contribution < -0.4 is 16.0 Å². The van der Waals surface area contributed by atoms with Gasteiger partial charge >= 0.3 is 16.4 Å². The molecule has 5 rings (SSSR count). The van der Waals surface area contributed by atoms with Crippen LogP contribution in [0.15, 0.2) is 0 Å². The highest BCUT2D eigenvalue weighted by Crippen LogP contribution is 2.40. The Hall–Kier alpha value is -3.33. The largest absolute Gasteiger partial charge is 0.477 e. The molecule has 22 N–H and O–H groups in total. The Kier molecular flexibility index (Phi) is 26.3. The first-order chi connectivity index (χ1) is 39.6. The summed E-state index contributed by atoms with van der Waals surface area (Å²) in [6.45, 7) is -3.08. The van der Waals surface area contributed by atoms with E-state index < -0.39 is 264 Å². The predicted octanol–water partition coefficient (Wildman–Crippen LogP) is -14.0. The van der Waals surface area contributed by atoms with Crippen LogP contribution in [-0.4, -0.2) is 352 Å². The van der Waals surface area contributed by atoms with E-state index in [9.17, 15) is 120 Å². The fraction of sp³-hybridized carbons (Fsp3) is 0.911. The van der Waals surface area contributed by atoms with Gasteiger partial charge in [0.15, 0.2) is 25.2 Å². The lowest BCUT2D eigenvalue weighted by Crippen LogP contribution is -2.71. The van der Waals surface area contributed by atoms with Crippen LogP contribution in [0.1, 0.15) is 34.1 Å². The molecule has 5 aliphatic rings. The standard InChI is InChI=1S/C45H77N3O36S/c1-12-25(59)30(64)32(66)41(76-12)82-38-24(48-15(4)55)40(74-10-19(58)27(61)35(16(6-49)46-13(2)53)80-42-33(67)31(65)28(62)22(79-42)11-75-85(71,72)73)78-21(9-52)36(38)81-43-34(68)39(29(63)20(8-51)77-43)84-45(44(69)70)5-17(56)23(47-14(3)54)37(83-45)26(60)18(57)7-50/h12,16-43,49-52,56-68H,5-11H2,1-4H3,(H,46,53)(H,47,54)(H,48,55)(H,69,70)(H,71,72,73)/t12-,16-,17-,18+,19+,20+,21+,22+,23+,24+,25+,26+,27-,28-,29-,30+,31-,32-,33+,34+,35+,36+,37+,38+,39-,40+,41-,42-,43-,45-/m0/s1. The van der Waals surface area contributed by atoms with Crippen LogP contribution in [0.2, 0.25) is 0 Å². The topological polar surface area (TPSA) is 624 Å². The molecule has 3 amide bonds. The number of carbonyl (C=O) groups is 4. The Bertz CT molecular complexity index is 2290. The average Bonchev–Trinajstić information content (AvgIpc) is 1.30. The summed E-state index contributed by atoms with van der Waals surface area (Å²) in [5.74, 6) is -8.13. The minimum Gasteiger partial charge on any atom is -0.477 e. The van der Waals surface area contributed by atoms with Crippen molar-refractivity contribution in [3.8, 4) is 0 Å². The number of hydrogen-bond donors (Lipinski definition) is 22. The molecule has 0 bridgehead atoms. The van der Waals surface area contributed by atoms with Gasteiger partial charge in [0.05, 0.1) is 63.9 Å². The smallest absolute Gasteiger partial charge is 0.397 e. The van der Waals surface area contributed by atoms with Gasteiger partial charge in [0.2, 0.25) is 17.7 Å². The summed E-state index contributed by atoms with van der Waals surface area (Å²) in [7, 11) is -5.20. The SMILES string of the molecule is CC(=O)N[C@H]1[C@H](OC[C@@H](O)[C@H](O)[C@H](O[C@@H]2O[C@H](COS(=O)(=O)O)[C@H](O)[C@H](O)[C@H]2O)[C@H](CO)NC(C)=O)O[C@H](CO)[C@@H](O[C@@H]2O[C@H](CO)[C@H](O)[C@H](O[C@]3(C(=O)O)C[C@H](O)[C@@H](NC(C)=O)[C@H]([C@H](O)[C@H](O)CO)O3)[C@H]2O)[C@@H]1O[C@@H]1O[C@@H](C)[C@@H](O)[C@@H](O)[C@@H]1O. The lowest BCUT2D eigenvalue weighted by molar-refractivity contribution is -0.391. The van der Waals surface area contributed by atoms with E-state index in [1.165, 1.54) is 6.92 Å². The summed E-state index contributed by atoms with van der Waals surface area (Å²) in [5, 5.41) is 202. The van der Waals surface area contributed by atoms with E-state index in [0.717, 1.165) is 20.8 Å². The van der Waals surface area contributed by atoms with Gasteiger partial charge in [-0.1, -0.05) is 0 Å². The number of ether oxygens (including phenoxy) is 10. The number of carbonyl (C=O) groups excluding carboxylic acids is 3. The molecule has 0 aromatic rings. The van der Waals surface area contributed by atoms with Crippen LogP contribution in [0.5, 0.6) is 0 Å². The van der Waals surface area contributed by atoms with Gasteiger partial charge in [-0.05, 0) is 6.92 Å². The number of rotatable bonds is 27. The molecule has 0 saturated carbocycles. The maximum atomic E-state index is 13.2. The molecule has 0 aromatic heterocycles. The third-order valence-corrected chi connectivity index (χ3v) is 14.8. The molecule has 0 unspecified atom stereocenters. The molecule has 5 aliphatic heterocycles. The highest BCUT2D eigenvalue weighted by atomic mass is 32.3. The Morgan fingerprint density at radius 3 is 1.73 bits per heavy atom. The predicted molar refractivity (Wildman–Crippen MR) is 262 cm³/mol.